The fourth-order valence-electron chi connectivity index (χ4n) is 2.40. The van der Waals surface area contributed by atoms with Gasteiger partial charge in [-0.05, 0) is 66.1 Å². The number of aliphatic hydroxyl groups excluding tert-OH is 1. The van der Waals surface area contributed by atoms with Gasteiger partial charge >= 0.3 is 0 Å². The minimum Gasteiger partial charge on any atom is -0.394 e. The quantitative estimate of drug-likeness (QED) is 0.536. The van der Waals surface area contributed by atoms with E-state index in [2.05, 4.69) is 44.8 Å². The van der Waals surface area contributed by atoms with E-state index < -0.39 is 0 Å². The molecule has 1 unspecified atom stereocenters. The van der Waals surface area contributed by atoms with Gasteiger partial charge in [0, 0.05) is 11.6 Å². The molecule has 0 aliphatic heterocycles. The summed E-state index contributed by atoms with van der Waals surface area (Å²) >= 11 is 0. The number of nitrogens with one attached hydrogen (secondary N) is 1. The Morgan fingerprint density at radius 2 is 1.79 bits per heavy atom. The Hall–Kier alpha value is -0.120. The number of hydrogen-bond acceptors (Lipinski definition) is 3. The highest BCUT2D eigenvalue weighted by Crippen LogP contribution is 2.14. The molecule has 0 saturated heterocycles. The van der Waals surface area contributed by atoms with E-state index >= 15 is 0 Å². The minimum absolute atomic E-state index is 0.0938. The van der Waals surface area contributed by atoms with Crippen LogP contribution in [-0.4, -0.2) is 47.8 Å². The van der Waals surface area contributed by atoms with E-state index in [1.54, 1.807) is 0 Å². The zero-order chi connectivity index (χ0) is 14.7. The zero-order valence-electron chi connectivity index (χ0n) is 13.8. The van der Waals surface area contributed by atoms with Gasteiger partial charge in [-0.15, -0.1) is 0 Å². The van der Waals surface area contributed by atoms with E-state index in [0.717, 1.165) is 19.4 Å². The van der Waals surface area contributed by atoms with Crippen molar-refractivity contribution in [1.29, 1.82) is 0 Å². The van der Waals surface area contributed by atoms with Crippen LogP contribution in [0.25, 0.3) is 0 Å². The van der Waals surface area contributed by atoms with Crippen LogP contribution in [0.1, 0.15) is 66.7 Å². The molecule has 0 aromatic carbocycles. The number of rotatable bonds is 12. The molecule has 3 nitrogen and oxygen atoms in total. The van der Waals surface area contributed by atoms with E-state index in [0.29, 0.717) is 6.04 Å². The average Bonchev–Trinajstić information content (AvgIpc) is 2.39. The highest BCUT2D eigenvalue weighted by atomic mass is 16.3. The predicted octanol–water partition coefficient (Wildman–Crippen LogP) is 3.03. The maximum absolute atomic E-state index is 9.52. The van der Waals surface area contributed by atoms with Gasteiger partial charge in [-0.25, -0.2) is 0 Å². The van der Waals surface area contributed by atoms with Gasteiger partial charge in [-0.2, -0.15) is 0 Å². The van der Waals surface area contributed by atoms with E-state index in [-0.39, 0.29) is 12.1 Å². The second-order valence-electron chi connectivity index (χ2n) is 6.23. The van der Waals surface area contributed by atoms with Gasteiger partial charge in [-0.1, -0.05) is 20.3 Å². The summed E-state index contributed by atoms with van der Waals surface area (Å²) in [7, 11) is 0. The van der Waals surface area contributed by atoms with E-state index in [9.17, 15) is 5.11 Å². The second-order valence-corrected chi connectivity index (χ2v) is 6.23. The molecular formula is C16H36N2O. The van der Waals surface area contributed by atoms with Crippen molar-refractivity contribution >= 4 is 0 Å². The largest absolute Gasteiger partial charge is 0.394 e. The summed E-state index contributed by atoms with van der Waals surface area (Å²) in [5.74, 6) is 0. The second kappa shape index (κ2) is 10.6. The Morgan fingerprint density at radius 1 is 1.11 bits per heavy atom. The zero-order valence-corrected chi connectivity index (χ0v) is 13.8. The smallest absolute Gasteiger partial charge is 0.0610 e. The average molecular weight is 272 g/mol. The normalized spacial score (nSPS) is 15.2. The number of hydrogen-bond donors (Lipinski definition) is 2. The van der Waals surface area contributed by atoms with Crippen molar-refractivity contribution in [3.8, 4) is 0 Å². The molecule has 0 aliphatic carbocycles. The van der Waals surface area contributed by atoms with Gasteiger partial charge < -0.3 is 15.3 Å². The first kappa shape index (κ1) is 18.9. The Balaban J connectivity index is 3.92. The summed E-state index contributed by atoms with van der Waals surface area (Å²) in [6.07, 6.45) is 5.81. The predicted molar refractivity (Wildman–Crippen MR) is 84.6 cm³/mol. The van der Waals surface area contributed by atoms with Crippen LogP contribution in [0, 0.1) is 0 Å². The van der Waals surface area contributed by atoms with E-state index in [4.69, 9.17) is 0 Å². The summed E-state index contributed by atoms with van der Waals surface area (Å²) in [6, 6.07) is 0.641. The highest BCUT2D eigenvalue weighted by molar-refractivity contribution is 4.82. The molecular weight excluding hydrogens is 236 g/mol. The third-order valence-electron chi connectivity index (χ3n) is 3.82. The minimum atomic E-state index is -0.0938. The standard InChI is InChI=1S/C16H36N2O/c1-6-11-17-16(5,14-19)10-8-9-13-18(12-7-2)15(3)4/h15,17,19H,6-14H2,1-5H3. The lowest BCUT2D eigenvalue weighted by Gasteiger charge is -2.30. The first-order valence-electron chi connectivity index (χ1n) is 8.09. The van der Waals surface area contributed by atoms with Gasteiger partial charge in [0.05, 0.1) is 6.61 Å². The molecule has 0 aliphatic rings. The molecule has 3 heteroatoms. The van der Waals surface area contributed by atoms with Crippen LogP contribution in [0.5, 0.6) is 0 Å². The van der Waals surface area contributed by atoms with E-state index in [1.807, 2.05) is 0 Å². The molecule has 116 valence electrons. The molecule has 1 atom stereocenters. The monoisotopic (exact) mass is 272 g/mol. The third kappa shape index (κ3) is 8.61. The van der Waals surface area contributed by atoms with Gasteiger partial charge in [0.25, 0.3) is 0 Å². The fourth-order valence-corrected chi connectivity index (χ4v) is 2.40. The van der Waals surface area contributed by atoms with Crippen molar-refractivity contribution in [2.45, 2.75) is 78.3 Å². The van der Waals surface area contributed by atoms with Crippen LogP contribution >= 0.6 is 0 Å². The van der Waals surface area contributed by atoms with Crippen molar-refractivity contribution < 1.29 is 5.11 Å². The first-order valence-corrected chi connectivity index (χ1v) is 8.09. The lowest BCUT2D eigenvalue weighted by Crippen LogP contribution is -2.46. The number of unbranched alkanes of at least 4 members (excludes halogenated alkanes) is 1. The lowest BCUT2D eigenvalue weighted by molar-refractivity contribution is 0.158. The molecule has 0 aromatic heterocycles. The first-order chi connectivity index (χ1) is 8.99. The fraction of sp³-hybridized carbons (Fsp3) is 1.00. The molecule has 0 saturated carbocycles. The Labute approximate surface area is 120 Å². The maximum Gasteiger partial charge on any atom is 0.0610 e. The van der Waals surface area contributed by atoms with Crippen LogP contribution in [-0.2, 0) is 0 Å². The number of aliphatic hydroxyl groups is 1. The van der Waals surface area contributed by atoms with Gasteiger partial charge in [0.2, 0.25) is 0 Å². The number of nitrogens with zero attached hydrogens (tertiary/aromatic N) is 1. The molecule has 0 amide bonds. The Bertz CT molecular complexity index is 209. The van der Waals surface area contributed by atoms with Gasteiger partial charge in [0.15, 0.2) is 0 Å². The van der Waals surface area contributed by atoms with Crippen molar-refractivity contribution in [3.05, 3.63) is 0 Å². The molecule has 0 aromatic rings. The van der Waals surface area contributed by atoms with Crippen molar-refractivity contribution in [1.82, 2.24) is 10.2 Å². The summed E-state index contributed by atoms with van der Waals surface area (Å²) in [5, 5.41) is 13.0. The van der Waals surface area contributed by atoms with Crippen LogP contribution < -0.4 is 5.32 Å². The molecule has 0 radical (unpaired) electrons. The van der Waals surface area contributed by atoms with Gasteiger partial charge in [0.1, 0.15) is 0 Å². The SMILES string of the molecule is CCCNC(C)(CO)CCCCN(CCC)C(C)C. The summed E-state index contributed by atoms with van der Waals surface area (Å²) < 4.78 is 0. The molecule has 0 fully saturated rings. The molecule has 0 rings (SSSR count). The summed E-state index contributed by atoms with van der Waals surface area (Å²) in [6.45, 7) is 14.7. The topological polar surface area (TPSA) is 35.5 Å². The Kier molecular flexibility index (Phi) is 10.6. The van der Waals surface area contributed by atoms with Gasteiger partial charge in [-0.3, -0.25) is 0 Å². The molecule has 19 heavy (non-hydrogen) atoms. The van der Waals surface area contributed by atoms with Crippen molar-refractivity contribution in [2.75, 3.05) is 26.2 Å². The molecule has 0 heterocycles. The van der Waals surface area contributed by atoms with Crippen LogP contribution in [0.2, 0.25) is 0 Å². The van der Waals surface area contributed by atoms with E-state index in [1.165, 1.54) is 32.4 Å². The summed E-state index contributed by atoms with van der Waals surface area (Å²) in [4.78, 5) is 2.55. The van der Waals surface area contributed by atoms with Crippen LogP contribution in [0.3, 0.4) is 0 Å². The Morgan fingerprint density at radius 3 is 2.26 bits per heavy atom. The summed E-state index contributed by atoms with van der Waals surface area (Å²) in [5.41, 5.74) is -0.0938. The van der Waals surface area contributed by atoms with Crippen LogP contribution in [0.4, 0.5) is 0 Å². The molecule has 0 spiro atoms. The molecule has 0 bridgehead atoms. The third-order valence-corrected chi connectivity index (χ3v) is 3.82. The highest BCUT2D eigenvalue weighted by Gasteiger charge is 2.21. The lowest BCUT2D eigenvalue weighted by atomic mass is 9.95. The van der Waals surface area contributed by atoms with Crippen molar-refractivity contribution in [2.24, 2.45) is 0 Å². The van der Waals surface area contributed by atoms with Crippen LogP contribution in [0.15, 0.2) is 0 Å². The maximum atomic E-state index is 9.52. The molecule has 2 N–H and O–H groups in total. The van der Waals surface area contributed by atoms with Crippen molar-refractivity contribution in [3.63, 3.8) is 0 Å².